The second-order valence-corrected chi connectivity index (χ2v) is 8.95. The van der Waals surface area contributed by atoms with Crippen LogP contribution in [0, 0.1) is 12.8 Å². The number of sulfonamides is 1. The average Bonchev–Trinajstić information content (AvgIpc) is 2.97. The third-order valence-electron chi connectivity index (χ3n) is 3.94. The lowest BCUT2D eigenvalue weighted by Crippen LogP contribution is -2.29. The molecule has 1 saturated carbocycles. The average molecular weight is 330 g/mol. The van der Waals surface area contributed by atoms with Crippen molar-refractivity contribution in [2.75, 3.05) is 19.8 Å². The molecule has 0 aromatic carbocycles. The Morgan fingerprint density at radius 3 is 2.86 bits per heavy atom. The first-order valence-corrected chi connectivity index (χ1v) is 9.74. The molecule has 5 nitrogen and oxygen atoms in total. The lowest BCUT2D eigenvalue weighted by Gasteiger charge is -2.09. The molecule has 1 saturated heterocycles. The van der Waals surface area contributed by atoms with Gasteiger partial charge in [0.2, 0.25) is 10.0 Å². The van der Waals surface area contributed by atoms with Gasteiger partial charge in [-0.3, -0.25) is 0 Å². The molecule has 21 heavy (non-hydrogen) atoms. The van der Waals surface area contributed by atoms with Crippen LogP contribution in [0.4, 0.5) is 0 Å². The van der Waals surface area contributed by atoms with Crippen molar-refractivity contribution in [1.29, 1.82) is 0 Å². The van der Waals surface area contributed by atoms with Gasteiger partial charge in [0.25, 0.3) is 0 Å². The summed E-state index contributed by atoms with van der Waals surface area (Å²) in [6, 6.07) is 2.44. The molecule has 1 aliphatic heterocycles. The van der Waals surface area contributed by atoms with Gasteiger partial charge >= 0.3 is 0 Å². The summed E-state index contributed by atoms with van der Waals surface area (Å²) in [5.74, 6) is 0.301. The minimum absolute atomic E-state index is 0.301. The normalized spacial score (nSPS) is 22.8. The van der Waals surface area contributed by atoms with Crippen molar-refractivity contribution < 1.29 is 13.2 Å². The zero-order chi connectivity index (χ0) is 14.9. The zero-order valence-electron chi connectivity index (χ0n) is 12.2. The van der Waals surface area contributed by atoms with Crippen LogP contribution in [0.5, 0.6) is 0 Å². The van der Waals surface area contributed by atoms with E-state index in [2.05, 4.69) is 10.0 Å². The van der Waals surface area contributed by atoms with E-state index in [9.17, 15) is 8.42 Å². The summed E-state index contributed by atoms with van der Waals surface area (Å²) in [4.78, 5) is 2.38. The van der Waals surface area contributed by atoms with Crippen molar-refractivity contribution in [3.63, 3.8) is 0 Å². The number of thiophene rings is 1. The molecule has 1 unspecified atom stereocenters. The number of ether oxygens (including phenoxy) is 1. The highest BCUT2D eigenvalue weighted by atomic mass is 32.2. The maximum Gasteiger partial charge on any atom is 0.241 e. The van der Waals surface area contributed by atoms with Gasteiger partial charge < -0.3 is 10.1 Å². The van der Waals surface area contributed by atoms with Gasteiger partial charge in [0.15, 0.2) is 0 Å². The van der Waals surface area contributed by atoms with Gasteiger partial charge in [-0.15, -0.1) is 11.3 Å². The molecule has 3 rings (SSSR count). The number of hydrogen-bond acceptors (Lipinski definition) is 5. The zero-order valence-corrected chi connectivity index (χ0v) is 13.9. The fraction of sp³-hybridized carbons (Fsp3) is 0.714. The van der Waals surface area contributed by atoms with Gasteiger partial charge in [-0.1, -0.05) is 0 Å². The molecule has 1 atom stereocenters. The fourth-order valence-electron chi connectivity index (χ4n) is 2.46. The summed E-state index contributed by atoms with van der Waals surface area (Å²) in [5.41, 5.74) is 0. The molecule has 2 fully saturated rings. The highest BCUT2D eigenvalue weighted by Crippen LogP contribution is 2.27. The molecule has 1 aromatic rings. The van der Waals surface area contributed by atoms with E-state index in [1.165, 1.54) is 12.8 Å². The van der Waals surface area contributed by atoms with Crippen LogP contribution in [-0.2, 0) is 21.3 Å². The summed E-state index contributed by atoms with van der Waals surface area (Å²) >= 11 is 1.56. The van der Waals surface area contributed by atoms with Crippen LogP contribution in [0.25, 0.3) is 0 Å². The predicted octanol–water partition coefficient (Wildman–Crippen LogP) is 1.62. The predicted molar refractivity (Wildman–Crippen MR) is 83.0 cm³/mol. The number of hydrogen-bond donors (Lipinski definition) is 2. The first kappa shape index (κ1) is 15.4. The third kappa shape index (κ3) is 4.04. The first-order valence-electron chi connectivity index (χ1n) is 7.45. The van der Waals surface area contributed by atoms with Gasteiger partial charge in [0.1, 0.15) is 0 Å². The molecule has 7 heteroatoms. The smallest absolute Gasteiger partial charge is 0.241 e. The van der Waals surface area contributed by atoms with E-state index < -0.39 is 10.0 Å². The van der Waals surface area contributed by atoms with Crippen LogP contribution in [0.15, 0.2) is 11.0 Å². The molecule has 2 N–H and O–H groups in total. The molecule has 2 heterocycles. The van der Waals surface area contributed by atoms with Crippen molar-refractivity contribution in [2.24, 2.45) is 5.92 Å². The van der Waals surface area contributed by atoms with Crippen LogP contribution in [0.3, 0.4) is 0 Å². The van der Waals surface area contributed by atoms with Crippen molar-refractivity contribution in [3.05, 3.63) is 15.8 Å². The van der Waals surface area contributed by atoms with Crippen LogP contribution >= 0.6 is 11.3 Å². The Labute approximate surface area is 130 Å². The second-order valence-electron chi connectivity index (χ2n) is 5.87. The van der Waals surface area contributed by atoms with Crippen molar-refractivity contribution >= 4 is 21.4 Å². The lowest BCUT2D eigenvalue weighted by molar-refractivity contribution is 0.186. The minimum atomic E-state index is -3.40. The topological polar surface area (TPSA) is 67.4 Å². The van der Waals surface area contributed by atoms with Gasteiger partial charge in [0, 0.05) is 35.5 Å². The molecule has 1 aromatic heterocycles. The van der Waals surface area contributed by atoms with Crippen molar-refractivity contribution in [1.82, 2.24) is 10.0 Å². The van der Waals surface area contributed by atoms with Gasteiger partial charge in [0.05, 0.1) is 11.5 Å². The van der Waals surface area contributed by atoms with Crippen LogP contribution in [0.1, 0.15) is 29.0 Å². The molecule has 0 bridgehead atoms. The summed E-state index contributed by atoms with van der Waals surface area (Å²) in [6.07, 6.45) is 3.41. The molecule has 1 aliphatic carbocycles. The Morgan fingerprint density at radius 2 is 2.19 bits per heavy atom. The fourth-order valence-corrected chi connectivity index (χ4v) is 5.16. The van der Waals surface area contributed by atoms with Crippen molar-refractivity contribution in [2.45, 2.75) is 43.7 Å². The maximum atomic E-state index is 12.4. The second kappa shape index (κ2) is 6.34. The summed E-state index contributed by atoms with van der Waals surface area (Å²) in [6.45, 7) is 4.50. The van der Waals surface area contributed by atoms with E-state index in [0.717, 1.165) is 29.3 Å². The Kier molecular flexibility index (Phi) is 4.66. The van der Waals surface area contributed by atoms with Crippen LogP contribution in [-0.4, -0.2) is 34.2 Å². The van der Waals surface area contributed by atoms with Crippen LogP contribution in [0.2, 0.25) is 0 Å². The third-order valence-corrected chi connectivity index (χ3v) is 6.67. The SMILES string of the molecule is Cc1sc(CNC2CC2)cc1S(=O)(=O)NCC1CCOC1. The molecule has 0 amide bonds. The Hall–Kier alpha value is -0.470. The van der Waals surface area contributed by atoms with E-state index in [-0.39, 0.29) is 0 Å². The van der Waals surface area contributed by atoms with Crippen LogP contribution < -0.4 is 10.0 Å². The molecular formula is C14H22N2O3S2. The number of rotatable bonds is 7. The number of nitrogens with one attached hydrogen (secondary N) is 2. The largest absolute Gasteiger partial charge is 0.381 e. The highest BCUT2D eigenvalue weighted by molar-refractivity contribution is 7.89. The Bertz CT molecular complexity index is 587. The summed E-state index contributed by atoms with van der Waals surface area (Å²) in [7, 11) is -3.40. The van der Waals surface area contributed by atoms with Gasteiger partial charge in [-0.05, 0) is 38.2 Å². The number of aryl methyl sites for hydroxylation is 1. The Morgan fingerprint density at radius 1 is 1.38 bits per heavy atom. The Balaban J connectivity index is 1.62. The standard InChI is InChI=1S/C14H22N2O3S2/c1-10-14(6-13(20-10)8-15-12-2-3-12)21(17,18)16-7-11-4-5-19-9-11/h6,11-12,15-16H,2-5,7-9H2,1H3. The van der Waals surface area contributed by atoms with Gasteiger partial charge in [-0.25, -0.2) is 13.1 Å². The molecule has 2 aliphatic rings. The molecule has 0 spiro atoms. The van der Waals surface area contributed by atoms with E-state index >= 15 is 0 Å². The highest BCUT2D eigenvalue weighted by Gasteiger charge is 2.24. The van der Waals surface area contributed by atoms with Crippen molar-refractivity contribution in [3.8, 4) is 0 Å². The van der Waals surface area contributed by atoms with E-state index in [1.54, 1.807) is 11.3 Å². The summed E-state index contributed by atoms with van der Waals surface area (Å²) in [5, 5.41) is 3.42. The van der Waals surface area contributed by atoms with Gasteiger partial charge in [-0.2, -0.15) is 0 Å². The quantitative estimate of drug-likeness (QED) is 0.797. The minimum Gasteiger partial charge on any atom is -0.381 e. The molecule has 0 radical (unpaired) electrons. The first-order chi connectivity index (χ1) is 10.0. The molecular weight excluding hydrogens is 308 g/mol. The van der Waals surface area contributed by atoms with E-state index in [4.69, 9.17) is 4.74 Å². The van der Waals surface area contributed by atoms with E-state index in [1.807, 2.05) is 13.0 Å². The summed E-state index contributed by atoms with van der Waals surface area (Å²) < 4.78 is 32.8. The van der Waals surface area contributed by atoms with E-state index in [0.29, 0.717) is 30.0 Å². The monoisotopic (exact) mass is 330 g/mol. The maximum absolute atomic E-state index is 12.4. The molecule has 118 valence electrons. The lowest BCUT2D eigenvalue weighted by atomic mass is 10.1.